The Hall–Kier alpha value is -3.41. The Kier molecular flexibility index (Phi) is 7.73. The van der Waals surface area contributed by atoms with E-state index in [1.807, 2.05) is 24.4 Å². The van der Waals surface area contributed by atoms with Crippen LogP contribution in [0, 0.1) is 5.92 Å². The molecule has 0 saturated carbocycles. The third-order valence-corrected chi connectivity index (χ3v) is 8.29. The molecule has 37 heavy (non-hydrogen) atoms. The minimum Gasteiger partial charge on any atom is -0.341 e. The number of rotatable bonds is 8. The van der Waals surface area contributed by atoms with E-state index in [0.717, 1.165) is 71.8 Å². The lowest BCUT2D eigenvalue weighted by Crippen LogP contribution is -2.38. The molecule has 2 fully saturated rings. The monoisotopic (exact) mass is 534 g/mol. The third-order valence-electron chi connectivity index (χ3n) is 6.27. The van der Waals surface area contributed by atoms with Crippen LogP contribution in [0.1, 0.15) is 40.7 Å². The summed E-state index contributed by atoms with van der Waals surface area (Å²) in [5, 5.41) is 5.47. The molecule has 2 N–H and O–H groups in total. The summed E-state index contributed by atoms with van der Waals surface area (Å²) in [6.07, 6.45) is 7.18. The van der Waals surface area contributed by atoms with Crippen LogP contribution in [-0.4, -0.2) is 51.5 Å². The highest BCUT2D eigenvalue weighted by Crippen LogP contribution is 2.28. The van der Waals surface area contributed by atoms with Crippen LogP contribution < -0.4 is 15.5 Å². The summed E-state index contributed by atoms with van der Waals surface area (Å²) in [7, 11) is 0. The Balaban J connectivity index is 1.11. The minimum absolute atomic E-state index is 0.0756. The van der Waals surface area contributed by atoms with Gasteiger partial charge in [0.05, 0.1) is 26.0 Å². The number of ketones is 1. The fraction of sp³-hybridized carbons (Fsp3) is 0.308. The Bertz CT molecular complexity index is 1360. The van der Waals surface area contributed by atoms with E-state index in [-0.39, 0.29) is 16.9 Å². The number of hydrogen-bond acceptors (Lipinski definition) is 10. The molecule has 0 spiro atoms. The fourth-order valence-corrected chi connectivity index (χ4v) is 5.83. The molecule has 5 rings (SSSR count). The van der Waals surface area contributed by atoms with E-state index in [0.29, 0.717) is 22.5 Å². The molecule has 2 saturated heterocycles. The molecule has 0 bridgehead atoms. The maximum absolute atomic E-state index is 11.8. The van der Waals surface area contributed by atoms with Crippen LogP contribution in [0.5, 0.6) is 0 Å². The standard InChI is InChI=1S/C26H26N6O3S2/c1-16(33)21-2-3-22(36-21)20-12-18(4-8-28-20)15-27-14-17-6-10-32(11-7-17)25-29-9-5-19(30-25)13-23-24(34)31-26(35)37-23/h2-5,8-9,12-13,17,27H,6-7,10-11,14-15H2,1H3,(H,31,34,35). The van der Waals surface area contributed by atoms with Gasteiger partial charge in [0.15, 0.2) is 5.78 Å². The highest BCUT2D eigenvalue weighted by atomic mass is 32.2. The number of thiophene rings is 1. The lowest BCUT2D eigenvalue weighted by molar-refractivity contribution is -0.115. The highest BCUT2D eigenvalue weighted by molar-refractivity contribution is 8.18. The molecular weight excluding hydrogens is 508 g/mol. The SMILES string of the molecule is CC(=O)c1ccc(-c2cc(CNCC3CCN(c4nccc(C=C5SC(=O)NC5=O)n4)CC3)ccn2)s1. The van der Waals surface area contributed by atoms with Crippen LogP contribution in [0.25, 0.3) is 16.6 Å². The molecule has 0 aliphatic carbocycles. The van der Waals surface area contributed by atoms with Gasteiger partial charge in [-0.05, 0) is 86.0 Å². The maximum Gasteiger partial charge on any atom is 0.290 e. The van der Waals surface area contributed by atoms with Crippen molar-refractivity contribution in [2.24, 2.45) is 5.92 Å². The summed E-state index contributed by atoms with van der Waals surface area (Å²) in [5.74, 6) is 0.885. The van der Waals surface area contributed by atoms with Gasteiger partial charge in [-0.15, -0.1) is 11.3 Å². The van der Waals surface area contributed by atoms with Gasteiger partial charge in [-0.2, -0.15) is 0 Å². The van der Waals surface area contributed by atoms with Crippen molar-refractivity contribution in [1.82, 2.24) is 25.6 Å². The van der Waals surface area contributed by atoms with Crippen LogP contribution >= 0.6 is 23.1 Å². The molecule has 2 aliphatic heterocycles. The first-order chi connectivity index (χ1) is 17.9. The zero-order valence-corrected chi connectivity index (χ0v) is 21.9. The lowest BCUT2D eigenvalue weighted by atomic mass is 9.97. The van der Waals surface area contributed by atoms with Crippen molar-refractivity contribution < 1.29 is 14.4 Å². The summed E-state index contributed by atoms with van der Waals surface area (Å²) in [6, 6.07) is 9.64. The summed E-state index contributed by atoms with van der Waals surface area (Å²) in [6.45, 7) is 4.98. The second-order valence-corrected chi connectivity index (χ2v) is 11.1. The lowest BCUT2D eigenvalue weighted by Gasteiger charge is -2.32. The average Bonchev–Trinajstić information content (AvgIpc) is 3.51. The van der Waals surface area contributed by atoms with E-state index < -0.39 is 0 Å². The molecule has 2 aliphatic rings. The van der Waals surface area contributed by atoms with Gasteiger partial charge in [0.1, 0.15) is 0 Å². The van der Waals surface area contributed by atoms with Gasteiger partial charge in [0.25, 0.3) is 11.1 Å². The Labute approximate surface area is 222 Å². The molecule has 5 heterocycles. The fourth-order valence-electron chi connectivity index (χ4n) is 4.29. The number of aromatic nitrogens is 3. The van der Waals surface area contributed by atoms with Crippen LogP contribution in [0.4, 0.5) is 10.7 Å². The van der Waals surface area contributed by atoms with Gasteiger partial charge in [-0.3, -0.25) is 24.7 Å². The van der Waals surface area contributed by atoms with Crippen molar-refractivity contribution >= 4 is 52.1 Å². The Morgan fingerprint density at radius 3 is 2.70 bits per heavy atom. The molecule has 0 radical (unpaired) electrons. The molecule has 0 atom stereocenters. The molecule has 0 unspecified atom stereocenters. The van der Waals surface area contributed by atoms with E-state index >= 15 is 0 Å². The van der Waals surface area contributed by atoms with Gasteiger partial charge < -0.3 is 10.2 Å². The van der Waals surface area contributed by atoms with E-state index in [4.69, 9.17) is 0 Å². The number of hydrogen-bond donors (Lipinski definition) is 2. The predicted molar refractivity (Wildman–Crippen MR) is 145 cm³/mol. The van der Waals surface area contributed by atoms with Crippen molar-refractivity contribution in [3.63, 3.8) is 0 Å². The number of imide groups is 1. The summed E-state index contributed by atoms with van der Waals surface area (Å²) < 4.78 is 0. The Morgan fingerprint density at radius 2 is 1.97 bits per heavy atom. The number of nitrogens with one attached hydrogen (secondary N) is 2. The molecule has 0 aromatic carbocycles. The van der Waals surface area contributed by atoms with Gasteiger partial charge in [-0.1, -0.05) is 0 Å². The highest BCUT2D eigenvalue weighted by Gasteiger charge is 2.25. The average molecular weight is 535 g/mol. The normalized spacial score (nSPS) is 17.4. The maximum atomic E-state index is 11.8. The van der Waals surface area contributed by atoms with E-state index in [9.17, 15) is 14.4 Å². The predicted octanol–water partition coefficient (Wildman–Crippen LogP) is 4.13. The van der Waals surface area contributed by atoms with Crippen molar-refractivity contribution in [2.75, 3.05) is 24.5 Å². The van der Waals surface area contributed by atoms with Crippen molar-refractivity contribution in [3.8, 4) is 10.6 Å². The largest absolute Gasteiger partial charge is 0.341 e. The summed E-state index contributed by atoms with van der Waals surface area (Å²) in [4.78, 5) is 52.5. The molecule has 190 valence electrons. The minimum atomic E-state index is -0.389. The van der Waals surface area contributed by atoms with Crippen molar-refractivity contribution in [1.29, 1.82) is 0 Å². The quantitative estimate of drug-likeness (QED) is 0.325. The van der Waals surface area contributed by atoms with Crippen LogP contribution in [0.3, 0.4) is 0 Å². The summed E-state index contributed by atoms with van der Waals surface area (Å²) >= 11 is 2.36. The van der Waals surface area contributed by atoms with Crippen molar-refractivity contribution in [2.45, 2.75) is 26.3 Å². The smallest absolute Gasteiger partial charge is 0.290 e. The molecular formula is C26H26N6O3S2. The zero-order valence-electron chi connectivity index (χ0n) is 20.3. The number of anilines is 1. The van der Waals surface area contributed by atoms with E-state index in [2.05, 4.69) is 36.6 Å². The third kappa shape index (κ3) is 6.30. The Morgan fingerprint density at radius 1 is 1.16 bits per heavy atom. The first-order valence-corrected chi connectivity index (χ1v) is 13.7. The van der Waals surface area contributed by atoms with Gasteiger partial charge in [0, 0.05) is 32.0 Å². The van der Waals surface area contributed by atoms with E-state index in [1.54, 1.807) is 25.3 Å². The first kappa shape index (κ1) is 25.2. The van der Waals surface area contributed by atoms with E-state index in [1.165, 1.54) is 11.3 Å². The van der Waals surface area contributed by atoms with Gasteiger partial charge in [-0.25, -0.2) is 9.97 Å². The molecule has 3 aromatic heterocycles. The number of pyridine rings is 1. The zero-order chi connectivity index (χ0) is 25.8. The first-order valence-electron chi connectivity index (χ1n) is 12.0. The number of carbonyl (C=O) groups excluding carboxylic acids is 3. The number of nitrogens with zero attached hydrogens (tertiary/aromatic N) is 4. The van der Waals surface area contributed by atoms with Crippen molar-refractivity contribution in [3.05, 3.63) is 63.8 Å². The number of carbonyl (C=O) groups is 3. The van der Waals surface area contributed by atoms with Gasteiger partial charge in [0.2, 0.25) is 5.95 Å². The van der Waals surface area contributed by atoms with Crippen LogP contribution in [-0.2, 0) is 11.3 Å². The number of piperidine rings is 1. The second-order valence-electron chi connectivity index (χ2n) is 8.96. The number of amides is 2. The molecule has 11 heteroatoms. The number of Topliss-reactive ketones (excluding diaryl/α,β-unsaturated/α-hetero) is 1. The topological polar surface area (TPSA) is 117 Å². The number of thioether (sulfide) groups is 1. The van der Waals surface area contributed by atoms with Crippen LogP contribution in [0.2, 0.25) is 0 Å². The van der Waals surface area contributed by atoms with Crippen LogP contribution in [0.15, 0.2) is 47.6 Å². The second kappa shape index (κ2) is 11.3. The van der Waals surface area contributed by atoms with Gasteiger partial charge >= 0.3 is 0 Å². The summed E-state index contributed by atoms with van der Waals surface area (Å²) in [5.41, 5.74) is 2.66. The molecule has 3 aromatic rings. The molecule has 2 amide bonds. The molecule has 9 nitrogen and oxygen atoms in total.